The van der Waals surface area contributed by atoms with Crippen LogP contribution in [0.15, 0.2) is 18.2 Å². The summed E-state index contributed by atoms with van der Waals surface area (Å²) in [5.74, 6) is 0.841. The van der Waals surface area contributed by atoms with E-state index in [1.165, 1.54) is 5.56 Å². The maximum atomic E-state index is 9.17. The minimum atomic E-state index is -0.129. The number of hydrogen-bond acceptors (Lipinski definition) is 3. The Kier molecular flexibility index (Phi) is 4.19. The Morgan fingerprint density at radius 1 is 1.38 bits per heavy atom. The molecule has 0 saturated heterocycles. The molecular formula is C13H21NO2. The molecule has 90 valence electrons. The topological polar surface area (TPSA) is 41.5 Å². The molecule has 0 bridgehead atoms. The van der Waals surface area contributed by atoms with Crippen LogP contribution in [0.4, 0.5) is 5.69 Å². The van der Waals surface area contributed by atoms with Crippen LogP contribution in [0.3, 0.4) is 0 Å². The predicted octanol–water partition coefficient (Wildman–Crippen LogP) is 2.43. The molecule has 0 atom stereocenters. The third kappa shape index (κ3) is 3.42. The van der Waals surface area contributed by atoms with Crippen molar-refractivity contribution in [1.29, 1.82) is 0 Å². The van der Waals surface area contributed by atoms with Crippen LogP contribution in [0.25, 0.3) is 0 Å². The second-order valence-corrected chi connectivity index (χ2v) is 4.88. The van der Waals surface area contributed by atoms with Gasteiger partial charge in [-0.05, 0) is 24.6 Å². The lowest BCUT2D eigenvalue weighted by Gasteiger charge is -2.23. The summed E-state index contributed by atoms with van der Waals surface area (Å²) in [5, 5.41) is 12.5. The van der Waals surface area contributed by atoms with Crippen LogP contribution in [0.2, 0.25) is 0 Å². The maximum Gasteiger partial charge on any atom is 0.142 e. The fourth-order valence-corrected chi connectivity index (χ4v) is 1.33. The van der Waals surface area contributed by atoms with E-state index in [0.29, 0.717) is 6.54 Å². The zero-order valence-corrected chi connectivity index (χ0v) is 10.5. The molecular weight excluding hydrogens is 202 g/mol. The smallest absolute Gasteiger partial charge is 0.142 e. The lowest BCUT2D eigenvalue weighted by Crippen LogP contribution is -2.26. The van der Waals surface area contributed by atoms with Crippen LogP contribution in [-0.4, -0.2) is 25.4 Å². The van der Waals surface area contributed by atoms with Gasteiger partial charge < -0.3 is 15.2 Å². The number of ether oxygens (including phenoxy) is 1. The highest BCUT2D eigenvalue weighted by molar-refractivity contribution is 5.57. The van der Waals surface area contributed by atoms with Gasteiger partial charge in [-0.15, -0.1) is 0 Å². The van der Waals surface area contributed by atoms with E-state index in [1.54, 1.807) is 7.11 Å². The molecule has 0 aromatic heterocycles. The molecule has 0 radical (unpaired) electrons. The monoisotopic (exact) mass is 223 g/mol. The fraction of sp³-hybridized carbons (Fsp3) is 0.538. The Hall–Kier alpha value is -1.22. The average molecular weight is 223 g/mol. The van der Waals surface area contributed by atoms with E-state index in [9.17, 15) is 5.11 Å². The quantitative estimate of drug-likeness (QED) is 0.805. The first kappa shape index (κ1) is 12.8. The number of anilines is 1. The third-order valence-electron chi connectivity index (χ3n) is 2.54. The SMILES string of the molecule is COc1cc(C)ccc1NCC(C)(C)CO. The lowest BCUT2D eigenvalue weighted by atomic mass is 9.95. The molecule has 0 spiro atoms. The summed E-state index contributed by atoms with van der Waals surface area (Å²) in [5.41, 5.74) is 2.01. The molecule has 2 N–H and O–H groups in total. The molecule has 0 aliphatic carbocycles. The van der Waals surface area contributed by atoms with Crippen molar-refractivity contribution in [3.05, 3.63) is 23.8 Å². The van der Waals surface area contributed by atoms with Gasteiger partial charge >= 0.3 is 0 Å². The van der Waals surface area contributed by atoms with Gasteiger partial charge in [0.05, 0.1) is 12.8 Å². The number of methoxy groups -OCH3 is 1. The summed E-state index contributed by atoms with van der Waals surface area (Å²) in [6.07, 6.45) is 0. The van der Waals surface area contributed by atoms with Crippen molar-refractivity contribution in [2.45, 2.75) is 20.8 Å². The van der Waals surface area contributed by atoms with E-state index >= 15 is 0 Å². The van der Waals surface area contributed by atoms with E-state index in [0.717, 1.165) is 11.4 Å². The summed E-state index contributed by atoms with van der Waals surface area (Å²) in [7, 11) is 1.66. The van der Waals surface area contributed by atoms with E-state index in [1.807, 2.05) is 39.0 Å². The molecule has 16 heavy (non-hydrogen) atoms. The maximum absolute atomic E-state index is 9.17. The van der Waals surface area contributed by atoms with Crippen molar-refractivity contribution < 1.29 is 9.84 Å². The van der Waals surface area contributed by atoms with Gasteiger partial charge in [0.2, 0.25) is 0 Å². The largest absolute Gasteiger partial charge is 0.495 e. The molecule has 0 fully saturated rings. The Bertz CT molecular complexity index is 348. The third-order valence-corrected chi connectivity index (χ3v) is 2.54. The Labute approximate surface area is 97.4 Å². The van der Waals surface area contributed by atoms with Gasteiger partial charge in [-0.2, -0.15) is 0 Å². The molecule has 1 aromatic rings. The van der Waals surface area contributed by atoms with Crippen molar-refractivity contribution in [1.82, 2.24) is 0 Å². The van der Waals surface area contributed by atoms with Crippen LogP contribution in [-0.2, 0) is 0 Å². The molecule has 0 saturated carbocycles. The number of aliphatic hydroxyl groups excluding tert-OH is 1. The standard InChI is InChI=1S/C13H21NO2/c1-10-5-6-11(12(7-10)16-4)14-8-13(2,3)9-15/h5-7,14-15H,8-9H2,1-4H3. The van der Waals surface area contributed by atoms with Gasteiger partial charge in [0.15, 0.2) is 0 Å². The number of nitrogens with one attached hydrogen (secondary N) is 1. The van der Waals surface area contributed by atoms with Crippen LogP contribution >= 0.6 is 0 Å². The predicted molar refractivity (Wildman–Crippen MR) is 67.1 cm³/mol. The molecule has 1 aromatic carbocycles. The first-order valence-electron chi connectivity index (χ1n) is 5.48. The number of benzene rings is 1. The molecule has 0 unspecified atom stereocenters. The van der Waals surface area contributed by atoms with E-state index in [4.69, 9.17) is 4.74 Å². The van der Waals surface area contributed by atoms with Crippen LogP contribution in [0.5, 0.6) is 5.75 Å². The summed E-state index contributed by atoms with van der Waals surface area (Å²) in [4.78, 5) is 0. The minimum Gasteiger partial charge on any atom is -0.495 e. The first-order valence-corrected chi connectivity index (χ1v) is 5.48. The minimum absolute atomic E-state index is 0.129. The molecule has 0 heterocycles. The molecule has 3 nitrogen and oxygen atoms in total. The Balaban J connectivity index is 2.74. The second-order valence-electron chi connectivity index (χ2n) is 4.88. The van der Waals surface area contributed by atoms with Crippen LogP contribution in [0, 0.1) is 12.3 Å². The first-order chi connectivity index (χ1) is 7.48. The number of rotatable bonds is 5. The van der Waals surface area contributed by atoms with Crippen molar-refractivity contribution in [2.24, 2.45) is 5.41 Å². The van der Waals surface area contributed by atoms with Gasteiger partial charge in [0, 0.05) is 18.6 Å². The Morgan fingerprint density at radius 3 is 2.62 bits per heavy atom. The summed E-state index contributed by atoms with van der Waals surface area (Å²) in [6, 6.07) is 6.03. The number of aliphatic hydroxyl groups is 1. The van der Waals surface area contributed by atoms with Crippen molar-refractivity contribution in [2.75, 3.05) is 25.6 Å². The van der Waals surface area contributed by atoms with E-state index < -0.39 is 0 Å². The highest BCUT2D eigenvalue weighted by Gasteiger charge is 2.16. The van der Waals surface area contributed by atoms with Gasteiger partial charge in [0.25, 0.3) is 0 Å². The zero-order chi connectivity index (χ0) is 12.2. The second kappa shape index (κ2) is 5.21. The van der Waals surface area contributed by atoms with Gasteiger partial charge in [-0.25, -0.2) is 0 Å². The molecule has 0 aliphatic heterocycles. The van der Waals surface area contributed by atoms with Crippen molar-refractivity contribution in [3.63, 3.8) is 0 Å². The van der Waals surface area contributed by atoms with Gasteiger partial charge in [-0.3, -0.25) is 0 Å². The number of hydrogen-bond donors (Lipinski definition) is 2. The van der Waals surface area contributed by atoms with Crippen molar-refractivity contribution in [3.8, 4) is 5.75 Å². The Morgan fingerprint density at radius 2 is 2.06 bits per heavy atom. The van der Waals surface area contributed by atoms with Gasteiger partial charge in [0.1, 0.15) is 5.75 Å². The highest BCUT2D eigenvalue weighted by Crippen LogP contribution is 2.26. The summed E-state index contributed by atoms with van der Waals surface area (Å²) in [6.45, 7) is 6.93. The van der Waals surface area contributed by atoms with Crippen molar-refractivity contribution >= 4 is 5.69 Å². The summed E-state index contributed by atoms with van der Waals surface area (Å²) >= 11 is 0. The average Bonchev–Trinajstić information content (AvgIpc) is 2.27. The molecule has 1 rings (SSSR count). The molecule has 3 heteroatoms. The highest BCUT2D eigenvalue weighted by atomic mass is 16.5. The fourth-order valence-electron chi connectivity index (χ4n) is 1.33. The molecule has 0 amide bonds. The normalized spacial score (nSPS) is 11.3. The van der Waals surface area contributed by atoms with Crippen LogP contribution < -0.4 is 10.1 Å². The summed E-state index contributed by atoms with van der Waals surface area (Å²) < 4.78 is 5.30. The van der Waals surface area contributed by atoms with Gasteiger partial charge in [-0.1, -0.05) is 19.9 Å². The zero-order valence-electron chi connectivity index (χ0n) is 10.5. The molecule has 0 aliphatic rings. The number of aryl methyl sites for hydroxylation is 1. The lowest BCUT2D eigenvalue weighted by molar-refractivity contribution is 0.170. The van der Waals surface area contributed by atoms with Crippen LogP contribution in [0.1, 0.15) is 19.4 Å². The van der Waals surface area contributed by atoms with E-state index in [-0.39, 0.29) is 12.0 Å². The van der Waals surface area contributed by atoms with E-state index in [2.05, 4.69) is 5.32 Å².